The van der Waals surface area contributed by atoms with E-state index < -0.39 is 30.6 Å². The number of carbonyl (C=O) groups is 3. The summed E-state index contributed by atoms with van der Waals surface area (Å²) in [5, 5.41) is 2.46. The van der Waals surface area contributed by atoms with E-state index >= 15 is 0 Å². The number of nitrogens with zero attached hydrogens (tertiary/aromatic N) is 1. The first kappa shape index (κ1) is 9.43. The second-order valence-electron chi connectivity index (χ2n) is 2.54. The zero-order valence-corrected chi connectivity index (χ0v) is 6.83. The van der Waals surface area contributed by atoms with Crippen molar-refractivity contribution >= 4 is 17.8 Å². The molecule has 0 aliphatic carbocycles. The van der Waals surface area contributed by atoms with Crippen molar-refractivity contribution < 1.29 is 18.8 Å². The average Bonchev–Trinajstić information content (AvgIpc) is 1.99. The summed E-state index contributed by atoms with van der Waals surface area (Å²) < 4.78 is 12.7. The number of imide groups is 1. The number of amides is 4. The van der Waals surface area contributed by atoms with Crippen LogP contribution < -0.4 is 10.7 Å². The highest BCUT2D eigenvalue weighted by atomic mass is 19.1. The number of urea groups is 1. The lowest BCUT2D eigenvalue weighted by Crippen LogP contribution is -2.60. The van der Waals surface area contributed by atoms with Crippen molar-refractivity contribution in [3.8, 4) is 0 Å². The molecule has 72 valence electrons. The van der Waals surface area contributed by atoms with E-state index in [1.165, 1.54) is 6.92 Å². The molecule has 0 saturated carbocycles. The molecule has 4 amide bonds. The Kier molecular flexibility index (Phi) is 2.45. The highest BCUT2D eigenvalue weighted by Crippen LogP contribution is 2.01. The van der Waals surface area contributed by atoms with Gasteiger partial charge in [0.25, 0.3) is 5.91 Å². The van der Waals surface area contributed by atoms with Crippen LogP contribution in [-0.4, -0.2) is 35.6 Å². The van der Waals surface area contributed by atoms with Crippen LogP contribution in [0.25, 0.3) is 0 Å². The monoisotopic (exact) mass is 189 g/mol. The molecule has 0 aromatic rings. The lowest BCUT2D eigenvalue weighted by Gasteiger charge is -2.27. The minimum Gasteiger partial charge on any atom is -0.274 e. The van der Waals surface area contributed by atoms with Gasteiger partial charge in [0.1, 0.15) is 0 Å². The molecular weight excluding hydrogens is 181 g/mol. The van der Waals surface area contributed by atoms with E-state index in [0.717, 1.165) is 0 Å². The van der Waals surface area contributed by atoms with Gasteiger partial charge in [0.05, 0.1) is 6.54 Å². The van der Waals surface area contributed by atoms with Crippen LogP contribution in [0.15, 0.2) is 0 Å². The molecule has 1 aliphatic rings. The van der Waals surface area contributed by atoms with Gasteiger partial charge < -0.3 is 0 Å². The minimum atomic E-state index is -1.80. The van der Waals surface area contributed by atoms with Gasteiger partial charge in [-0.3, -0.25) is 20.3 Å². The van der Waals surface area contributed by atoms with E-state index in [0.29, 0.717) is 5.01 Å². The topological polar surface area (TPSA) is 78.5 Å². The fourth-order valence-corrected chi connectivity index (χ4v) is 0.864. The van der Waals surface area contributed by atoms with Crippen LogP contribution in [0.2, 0.25) is 0 Å². The van der Waals surface area contributed by atoms with Gasteiger partial charge in [-0.2, -0.15) is 0 Å². The molecule has 13 heavy (non-hydrogen) atoms. The maximum atomic E-state index is 12.7. The van der Waals surface area contributed by atoms with Crippen molar-refractivity contribution in [1.29, 1.82) is 0 Å². The third-order valence-electron chi connectivity index (χ3n) is 1.40. The molecule has 1 rings (SSSR count). The molecular formula is C6H8FN3O3. The van der Waals surface area contributed by atoms with Crippen molar-refractivity contribution in [1.82, 2.24) is 15.8 Å². The standard InChI is InChI=1S/C6H8FN3O3/c1-3(11)9-10-2-4(7)5(12)8-6(10)13/h4H,2H2,1H3,(H,9,11)(H,8,12,13). The molecule has 0 aromatic carbocycles. The van der Waals surface area contributed by atoms with Gasteiger partial charge in [-0.25, -0.2) is 14.2 Å². The van der Waals surface area contributed by atoms with Gasteiger partial charge >= 0.3 is 6.03 Å². The SMILES string of the molecule is CC(=O)NN1CC(F)C(=O)NC1=O. The van der Waals surface area contributed by atoms with Crippen LogP contribution in [0.3, 0.4) is 0 Å². The van der Waals surface area contributed by atoms with E-state index in [4.69, 9.17) is 0 Å². The molecule has 1 atom stereocenters. The highest BCUT2D eigenvalue weighted by molar-refractivity contribution is 5.99. The number of carbonyl (C=O) groups excluding carboxylic acids is 3. The van der Waals surface area contributed by atoms with Crippen LogP contribution in [-0.2, 0) is 9.59 Å². The molecule has 6 nitrogen and oxygen atoms in total. The quantitative estimate of drug-likeness (QED) is 0.551. The lowest BCUT2D eigenvalue weighted by atomic mass is 10.3. The van der Waals surface area contributed by atoms with E-state index in [-0.39, 0.29) is 0 Å². The number of rotatable bonds is 1. The largest absolute Gasteiger partial charge is 0.342 e. The van der Waals surface area contributed by atoms with Crippen LogP contribution in [0, 0.1) is 0 Å². The summed E-state index contributed by atoms with van der Waals surface area (Å²) in [5.74, 6) is -1.48. The molecule has 0 aromatic heterocycles. The minimum absolute atomic E-state index is 0.454. The predicted molar refractivity (Wildman–Crippen MR) is 39.0 cm³/mol. The number of nitrogens with one attached hydrogen (secondary N) is 2. The second-order valence-corrected chi connectivity index (χ2v) is 2.54. The van der Waals surface area contributed by atoms with Crippen molar-refractivity contribution in [2.45, 2.75) is 13.1 Å². The Hall–Kier alpha value is -1.66. The Morgan fingerprint density at radius 2 is 2.31 bits per heavy atom. The summed E-state index contributed by atoms with van der Waals surface area (Å²) in [5.41, 5.74) is 2.07. The zero-order valence-electron chi connectivity index (χ0n) is 6.83. The molecule has 1 heterocycles. The summed E-state index contributed by atoms with van der Waals surface area (Å²) in [6, 6.07) is -0.825. The maximum absolute atomic E-state index is 12.7. The van der Waals surface area contributed by atoms with E-state index in [9.17, 15) is 18.8 Å². The molecule has 1 aliphatic heterocycles. The van der Waals surface area contributed by atoms with Crippen molar-refractivity contribution in [3.05, 3.63) is 0 Å². The van der Waals surface area contributed by atoms with E-state index in [2.05, 4.69) is 5.43 Å². The Morgan fingerprint density at radius 1 is 1.69 bits per heavy atom. The lowest BCUT2D eigenvalue weighted by molar-refractivity contribution is -0.131. The normalized spacial score (nSPS) is 22.6. The molecule has 0 spiro atoms. The van der Waals surface area contributed by atoms with Crippen LogP contribution in [0.5, 0.6) is 0 Å². The number of hydrogen-bond acceptors (Lipinski definition) is 3. The predicted octanol–water partition coefficient (Wildman–Crippen LogP) is -1.07. The average molecular weight is 189 g/mol. The highest BCUT2D eigenvalue weighted by Gasteiger charge is 2.32. The van der Waals surface area contributed by atoms with Crippen molar-refractivity contribution in [2.75, 3.05) is 6.54 Å². The summed E-state index contributed by atoms with van der Waals surface area (Å²) in [6.07, 6.45) is -1.80. The Morgan fingerprint density at radius 3 is 2.85 bits per heavy atom. The Labute approximate surface area is 73.0 Å². The fourth-order valence-electron chi connectivity index (χ4n) is 0.864. The van der Waals surface area contributed by atoms with Crippen molar-refractivity contribution in [3.63, 3.8) is 0 Å². The molecule has 1 fully saturated rings. The summed E-state index contributed by atoms with van der Waals surface area (Å²) >= 11 is 0. The van der Waals surface area contributed by atoms with Crippen molar-refractivity contribution in [2.24, 2.45) is 0 Å². The summed E-state index contributed by atoms with van der Waals surface area (Å²) in [6.45, 7) is 0.723. The summed E-state index contributed by atoms with van der Waals surface area (Å²) in [7, 11) is 0. The van der Waals surface area contributed by atoms with Gasteiger partial charge in [0.15, 0.2) is 6.17 Å². The van der Waals surface area contributed by atoms with Gasteiger partial charge in [-0.05, 0) is 0 Å². The van der Waals surface area contributed by atoms with Gasteiger partial charge in [0, 0.05) is 6.92 Å². The fraction of sp³-hybridized carbons (Fsp3) is 0.500. The Balaban J connectivity index is 2.61. The number of hydrogen-bond donors (Lipinski definition) is 2. The van der Waals surface area contributed by atoms with Gasteiger partial charge in [-0.15, -0.1) is 0 Å². The molecule has 0 radical (unpaired) electrons. The van der Waals surface area contributed by atoms with Crippen LogP contribution in [0.1, 0.15) is 6.92 Å². The van der Waals surface area contributed by atoms with E-state index in [1.54, 1.807) is 5.32 Å². The molecule has 0 bridgehead atoms. The Bertz CT molecular complexity index is 268. The second kappa shape index (κ2) is 3.38. The molecule has 1 unspecified atom stereocenters. The first-order valence-corrected chi connectivity index (χ1v) is 3.54. The number of hydrazine groups is 1. The summed E-state index contributed by atoms with van der Waals surface area (Å²) in [4.78, 5) is 32.0. The first-order chi connectivity index (χ1) is 6.00. The molecule has 1 saturated heterocycles. The molecule has 7 heteroatoms. The third kappa shape index (κ3) is 2.14. The van der Waals surface area contributed by atoms with E-state index in [1.807, 2.05) is 0 Å². The number of halogens is 1. The number of alkyl halides is 1. The molecule has 2 N–H and O–H groups in total. The first-order valence-electron chi connectivity index (χ1n) is 3.54. The maximum Gasteiger partial charge on any atom is 0.342 e. The zero-order chi connectivity index (χ0) is 10.0. The van der Waals surface area contributed by atoms with Crippen LogP contribution in [0.4, 0.5) is 9.18 Å². The van der Waals surface area contributed by atoms with Gasteiger partial charge in [-0.1, -0.05) is 0 Å². The third-order valence-corrected chi connectivity index (χ3v) is 1.40. The van der Waals surface area contributed by atoms with Gasteiger partial charge in [0.2, 0.25) is 5.91 Å². The van der Waals surface area contributed by atoms with Crippen LogP contribution >= 0.6 is 0 Å². The smallest absolute Gasteiger partial charge is 0.274 e.